The number of rotatable bonds is 8. The molecule has 0 spiro atoms. The van der Waals surface area contributed by atoms with Crippen LogP contribution in [0.5, 0.6) is 5.75 Å². The smallest absolute Gasteiger partial charge is 0.410 e. The van der Waals surface area contributed by atoms with Crippen molar-refractivity contribution in [1.29, 1.82) is 0 Å². The number of para-hydroxylation sites is 1. The maximum Gasteiger partial charge on any atom is 0.410 e. The molecule has 0 aromatic heterocycles. The number of carbonyl (C=O) groups excluding carboxylic acids is 2. The Morgan fingerprint density at radius 2 is 1.58 bits per heavy atom. The fraction of sp³-hybridized carbons (Fsp3) is 0.500. The summed E-state index contributed by atoms with van der Waals surface area (Å²) in [6.45, 7) is 6.67. The molecule has 0 unspecified atom stereocenters. The van der Waals surface area contributed by atoms with Gasteiger partial charge in [-0.1, -0.05) is 48.5 Å². The summed E-state index contributed by atoms with van der Waals surface area (Å²) in [6.07, 6.45) is 4.15. The number of likely N-dealkylation sites (tertiary alicyclic amines) is 1. The third-order valence-corrected chi connectivity index (χ3v) is 6.42. The zero-order valence-corrected chi connectivity index (χ0v) is 20.4. The van der Waals surface area contributed by atoms with E-state index >= 15 is 0 Å². The molecule has 33 heavy (non-hydrogen) atoms. The summed E-state index contributed by atoms with van der Waals surface area (Å²) in [5.41, 5.74) is 1.17. The molecule has 1 fully saturated rings. The Morgan fingerprint density at radius 3 is 2.21 bits per heavy atom. The Kier molecular flexibility index (Phi) is 8.17. The average molecular weight is 452 g/mol. The summed E-state index contributed by atoms with van der Waals surface area (Å²) < 4.78 is 11.0. The van der Waals surface area contributed by atoms with Crippen molar-refractivity contribution >= 4 is 11.9 Å². The van der Waals surface area contributed by atoms with Crippen molar-refractivity contribution in [2.45, 2.75) is 70.3 Å². The third kappa shape index (κ3) is 6.37. The van der Waals surface area contributed by atoms with E-state index in [0.717, 1.165) is 30.6 Å². The zero-order chi connectivity index (χ0) is 23.9. The fourth-order valence-electron chi connectivity index (χ4n) is 4.63. The van der Waals surface area contributed by atoms with E-state index in [1.165, 1.54) is 5.56 Å². The molecule has 0 N–H and O–H groups in total. The number of methoxy groups -OCH3 is 1. The fourth-order valence-corrected chi connectivity index (χ4v) is 4.63. The number of ketones is 1. The van der Waals surface area contributed by atoms with Gasteiger partial charge in [0, 0.05) is 19.5 Å². The number of hydrogen-bond donors (Lipinski definition) is 0. The highest BCUT2D eigenvalue weighted by Gasteiger charge is 2.43. The number of amides is 1. The van der Waals surface area contributed by atoms with Crippen molar-refractivity contribution in [3.05, 3.63) is 65.7 Å². The van der Waals surface area contributed by atoms with Crippen LogP contribution in [0.25, 0.3) is 0 Å². The van der Waals surface area contributed by atoms with E-state index in [9.17, 15) is 9.59 Å². The van der Waals surface area contributed by atoms with Crippen LogP contribution in [0.4, 0.5) is 4.79 Å². The van der Waals surface area contributed by atoms with E-state index in [-0.39, 0.29) is 11.9 Å². The summed E-state index contributed by atoms with van der Waals surface area (Å²) >= 11 is 0. The predicted molar refractivity (Wildman–Crippen MR) is 131 cm³/mol. The number of Topliss-reactive ketones (excluding diaryl/α,β-unsaturated/α-hetero) is 1. The molecule has 2 aromatic carbocycles. The van der Waals surface area contributed by atoms with Gasteiger partial charge in [-0.25, -0.2) is 4.79 Å². The summed E-state index contributed by atoms with van der Waals surface area (Å²) in [4.78, 5) is 27.9. The molecule has 5 heteroatoms. The van der Waals surface area contributed by atoms with Gasteiger partial charge in [0.15, 0.2) is 0 Å². The summed E-state index contributed by atoms with van der Waals surface area (Å²) in [5.74, 6) is 1.18. The minimum atomic E-state index is -0.537. The molecule has 0 radical (unpaired) electrons. The number of hydrogen-bond acceptors (Lipinski definition) is 4. The zero-order valence-electron chi connectivity index (χ0n) is 20.4. The van der Waals surface area contributed by atoms with Crippen molar-refractivity contribution in [2.24, 2.45) is 0 Å². The number of aryl methyl sites for hydroxylation is 1. The van der Waals surface area contributed by atoms with E-state index in [4.69, 9.17) is 9.47 Å². The molecular weight excluding hydrogens is 414 g/mol. The molecule has 1 amide bonds. The van der Waals surface area contributed by atoms with Gasteiger partial charge in [0.1, 0.15) is 17.1 Å². The van der Waals surface area contributed by atoms with Crippen molar-refractivity contribution in [3.8, 4) is 5.75 Å². The van der Waals surface area contributed by atoms with Crippen LogP contribution >= 0.6 is 0 Å². The lowest BCUT2D eigenvalue weighted by molar-refractivity contribution is -0.126. The number of benzene rings is 2. The highest BCUT2D eigenvalue weighted by atomic mass is 16.6. The molecule has 0 aliphatic carbocycles. The monoisotopic (exact) mass is 451 g/mol. The third-order valence-electron chi connectivity index (χ3n) is 6.42. The number of unbranched alkanes of at least 4 members (excludes halogenated alkanes) is 1. The Bertz CT molecular complexity index is 924. The van der Waals surface area contributed by atoms with Crippen LogP contribution in [-0.2, 0) is 21.4 Å². The lowest BCUT2D eigenvalue weighted by Gasteiger charge is -2.41. The lowest BCUT2D eigenvalue weighted by Crippen LogP contribution is -2.50. The van der Waals surface area contributed by atoms with E-state index < -0.39 is 11.0 Å². The second-order valence-corrected chi connectivity index (χ2v) is 9.86. The number of piperidine rings is 1. The van der Waals surface area contributed by atoms with E-state index in [1.54, 1.807) is 12.0 Å². The Morgan fingerprint density at radius 1 is 0.939 bits per heavy atom. The first kappa shape index (κ1) is 24.8. The first-order chi connectivity index (χ1) is 15.7. The molecule has 0 bridgehead atoms. The lowest BCUT2D eigenvalue weighted by atomic mass is 9.68. The normalized spacial score (nSPS) is 15.7. The maximum atomic E-state index is 13.6. The minimum Gasteiger partial charge on any atom is -0.496 e. The standard InChI is InChI=1S/C28H37NO4/c1-27(2,3)33-26(31)29-20-18-28(19-21-29,23-14-6-5-7-15-23)25(30)17-11-9-13-22-12-8-10-16-24(22)32-4/h5-8,10,12,14-16H,9,11,13,17-21H2,1-4H3. The number of carbonyl (C=O) groups is 2. The average Bonchev–Trinajstić information content (AvgIpc) is 2.81. The molecule has 1 aliphatic rings. The molecule has 1 aliphatic heterocycles. The Balaban J connectivity index is 1.64. The summed E-state index contributed by atoms with van der Waals surface area (Å²) in [7, 11) is 1.69. The van der Waals surface area contributed by atoms with Crippen molar-refractivity contribution in [1.82, 2.24) is 4.90 Å². The molecule has 3 rings (SSSR count). The molecular formula is C28H37NO4. The van der Waals surface area contributed by atoms with Gasteiger partial charge in [-0.15, -0.1) is 0 Å². The Hall–Kier alpha value is -2.82. The molecule has 0 atom stereocenters. The second-order valence-electron chi connectivity index (χ2n) is 9.86. The molecule has 1 saturated heterocycles. The van der Waals surface area contributed by atoms with Gasteiger partial charge in [0.2, 0.25) is 0 Å². The van der Waals surface area contributed by atoms with Crippen LogP contribution in [0.2, 0.25) is 0 Å². The topological polar surface area (TPSA) is 55.8 Å². The van der Waals surface area contributed by atoms with Crippen LogP contribution in [0.3, 0.4) is 0 Å². The van der Waals surface area contributed by atoms with Crippen LogP contribution in [0.1, 0.15) is 64.0 Å². The van der Waals surface area contributed by atoms with E-state index in [2.05, 4.69) is 18.2 Å². The first-order valence-corrected chi connectivity index (χ1v) is 11.9. The molecule has 178 valence electrons. The van der Waals surface area contributed by atoms with Crippen LogP contribution in [0.15, 0.2) is 54.6 Å². The largest absolute Gasteiger partial charge is 0.496 e. The van der Waals surface area contributed by atoms with Crippen LogP contribution < -0.4 is 4.74 Å². The summed E-state index contributed by atoms with van der Waals surface area (Å²) in [6, 6.07) is 18.1. The van der Waals surface area contributed by atoms with Gasteiger partial charge in [0.25, 0.3) is 0 Å². The molecule has 0 saturated carbocycles. The van der Waals surface area contributed by atoms with Gasteiger partial charge in [-0.2, -0.15) is 0 Å². The van der Waals surface area contributed by atoms with Gasteiger partial charge in [0.05, 0.1) is 12.5 Å². The predicted octanol–water partition coefficient (Wildman–Crippen LogP) is 5.95. The van der Waals surface area contributed by atoms with Gasteiger partial charge >= 0.3 is 6.09 Å². The Labute approximate surface area is 198 Å². The molecule has 1 heterocycles. The SMILES string of the molecule is COc1ccccc1CCCCC(=O)C1(c2ccccc2)CCN(C(=O)OC(C)(C)C)CC1. The maximum absolute atomic E-state index is 13.6. The quantitative estimate of drug-likeness (QED) is 0.466. The first-order valence-electron chi connectivity index (χ1n) is 11.9. The highest BCUT2D eigenvalue weighted by Crippen LogP contribution is 2.38. The molecule has 2 aromatic rings. The van der Waals surface area contributed by atoms with E-state index in [0.29, 0.717) is 32.4 Å². The van der Waals surface area contributed by atoms with Crippen molar-refractivity contribution in [2.75, 3.05) is 20.2 Å². The van der Waals surface area contributed by atoms with Gasteiger partial charge in [-0.05, 0) is 70.1 Å². The van der Waals surface area contributed by atoms with Crippen LogP contribution in [0, 0.1) is 0 Å². The van der Waals surface area contributed by atoms with Crippen LogP contribution in [-0.4, -0.2) is 42.6 Å². The minimum absolute atomic E-state index is 0.276. The summed E-state index contributed by atoms with van der Waals surface area (Å²) in [5, 5.41) is 0. The second kappa shape index (κ2) is 10.9. The number of nitrogens with zero attached hydrogens (tertiary/aromatic N) is 1. The molecule has 5 nitrogen and oxygen atoms in total. The van der Waals surface area contributed by atoms with Gasteiger partial charge < -0.3 is 14.4 Å². The highest BCUT2D eigenvalue weighted by molar-refractivity contribution is 5.90. The van der Waals surface area contributed by atoms with Gasteiger partial charge in [-0.3, -0.25) is 4.79 Å². The van der Waals surface area contributed by atoms with E-state index in [1.807, 2.05) is 57.2 Å². The van der Waals surface area contributed by atoms with Crippen molar-refractivity contribution < 1.29 is 19.1 Å². The van der Waals surface area contributed by atoms with Crippen molar-refractivity contribution in [3.63, 3.8) is 0 Å². The number of ether oxygens (including phenoxy) is 2.